The number of hydrogen-bond donors (Lipinski definition) is 2. The molecule has 0 spiro atoms. The molecule has 0 atom stereocenters. The Morgan fingerprint density at radius 1 is 1.19 bits per heavy atom. The Bertz CT molecular complexity index is 520. The van der Waals surface area contributed by atoms with Crippen LogP contribution >= 0.6 is 0 Å². The number of benzene rings is 1. The molecule has 16 heavy (non-hydrogen) atoms. The molecule has 0 saturated carbocycles. The van der Waals surface area contributed by atoms with E-state index < -0.39 is 0 Å². The average molecular weight is 216 g/mol. The van der Waals surface area contributed by atoms with E-state index in [2.05, 4.69) is 27.6 Å². The third kappa shape index (κ3) is 1.60. The van der Waals surface area contributed by atoms with Crippen LogP contribution < -0.4 is 11.1 Å². The van der Waals surface area contributed by atoms with Gasteiger partial charge in [-0.2, -0.15) is 0 Å². The molecule has 1 aliphatic rings. The van der Waals surface area contributed by atoms with Crippen molar-refractivity contribution in [2.75, 3.05) is 11.1 Å². The van der Waals surface area contributed by atoms with Gasteiger partial charge in [-0.3, -0.25) is 0 Å². The Kier molecular flexibility index (Phi) is 2.02. The number of aromatic nitrogens is 2. The van der Waals surface area contributed by atoms with Crippen LogP contribution in [0.5, 0.6) is 0 Å². The smallest absolute Gasteiger partial charge is 0.321 e. The van der Waals surface area contributed by atoms with Crippen molar-refractivity contribution in [3.05, 3.63) is 29.3 Å². The molecular formula is C11H12N4O. The maximum atomic E-state index is 5.34. The van der Waals surface area contributed by atoms with Gasteiger partial charge in [0.15, 0.2) is 0 Å². The first-order valence-corrected chi connectivity index (χ1v) is 5.29. The van der Waals surface area contributed by atoms with Gasteiger partial charge in [-0.25, -0.2) is 0 Å². The van der Waals surface area contributed by atoms with Crippen LogP contribution in [0.25, 0.3) is 0 Å². The molecule has 0 aliphatic heterocycles. The molecule has 0 bridgehead atoms. The van der Waals surface area contributed by atoms with Crippen molar-refractivity contribution in [3.63, 3.8) is 0 Å². The first kappa shape index (κ1) is 9.21. The number of nitrogens with one attached hydrogen (secondary N) is 1. The lowest BCUT2D eigenvalue weighted by atomic mass is 10.1. The van der Waals surface area contributed by atoms with Crippen molar-refractivity contribution in [2.24, 2.45) is 0 Å². The molecule has 5 heteroatoms. The lowest BCUT2D eigenvalue weighted by Gasteiger charge is -2.04. The molecule has 3 N–H and O–H groups in total. The van der Waals surface area contributed by atoms with Crippen molar-refractivity contribution >= 4 is 17.7 Å². The molecule has 2 aromatic rings. The second-order valence-corrected chi connectivity index (χ2v) is 3.91. The largest absolute Gasteiger partial charge is 0.389 e. The summed E-state index contributed by atoms with van der Waals surface area (Å²) in [5.74, 6) is 0. The van der Waals surface area contributed by atoms with Crippen molar-refractivity contribution in [3.8, 4) is 0 Å². The highest BCUT2D eigenvalue weighted by molar-refractivity contribution is 5.55. The van der Waals surface area contributed by atoms with Gasteiger partial charge in [-0.1, -0.05) is 16.3 Å². The normalized spacial score (nSPS) is 13.8. The second kappa shape index (κ2) is 3.52. The molecule has 0 amide bonds. The minimum atomic E-state index is 0.0728. The van der Waals surface area contributed by atoms with Crippen LogP contribution in [0.2, 0.25) is 0 Å². The molecule has 5 nitrogen and oxygen atoms in total. The molecule has 1 aromatic carbocycles. The number of nitrogens with zero attached hydrogens (tertiary/aromatic N) is 2. The summed E-state index contributed by atoms with van der Waals surface area (Å²) < 4.78 is 5.05. The van der Waals surface area contributed by atoms with Gasteiger partial charge < -0.3 is 15.5 Å². The molecule has 3 rings (SSSR count). The van der Waals surface area contributed by atoms with Crippen LogP contribution in [0.15, 0.2) is 22.6 Å². The van der Waals surface area contributed by atoms with Gasteiger partial charge in [0, 0.05) is 5.69 Å². The van der Waals surface area contributed by atoms with Crippen LogP contribution in [-0.2, 0) is 12.8 Å². The number of anilines is 3. The summed E-state index contributed by atoms with van der Waals surface area (Å²) in [6.07, 6.45) is 3.58. The standard InChI is InChI=1S/C11H12N4O/c12-10-14-15-11(16-10)13-9-5-4-7-2-1-3-8(7)6-9/h4-6H,1-3H2,(H2,12,14)(H,13,15). The summed E-state index contributed by atoms with van der Waals surface area (Å²) in [5, 5.41) is 10.4. The second-order valence-electron chi connectivity index (χ2n) is 3.91. The fraction of sp³-hybridized carbons (Fsp3) is 0.273. The van der Waals surface area contributed by atoms with E-state index in [1.165, 1.54) is 24.0 Å². The van der Waals surface area contributed by atoms with E-state index in [0.29, 0.717) is 6.01 Å². The molecule has 0 fully saturated rings. The number of nitrogen functional groups attached to an aromatic ring is 1. The fourth-order valence-corrected chi connectivity index (χ4v) is 2.06. The van der Waals surface area contributed by atoms with Gasteiger partial charge in [0.25, 0.3) is 0 Å². The third-order valence-electron chi connectivity index (χ3n) is 2.79. The van der Waals surface area contributed by atoms with Crippen LogP contribution in [-0.4, -0.2) is 10.2 Å². The zero-order chi connectivity index (χ0) is 11.0. The van der Waals surface area contributed by atoms with Gasteiger partial charge in [0.1, 0.15) is 0 Å². The Labute approximate surface area is 92.7 Å². The van der Waals surface area contributed by atoms with E-state index in [4.69, 9.17) is 10.2 Å². The monoisotopic (exact) mass is 216 g/mol. The van der Waals surface area contributed by atoms with Crippen LogP contribution in [0.4, 0.5) is 17.7 Å². The Morgan fingerprint density at radius 3 is 2.88 bits per heavy atom. The maximum absolute atomic E-state index is 5.34. The number of aryl methyl sites for hydroxylation is 2. The molecule has 1 aromatic heterocycles. The summed E-state index contributed by atoms with van der Waals surface area (Å²) in [4.78, 5) is 0. The predicted molar refractivity (Wildman–Crippen MR) is 60.5 cm³/mol. The van der Waals surface area contributed by atoms with Gasteiger partial charge in [0.2, 0.25) is 0 Å². The highest BCUT2D eigenvalue weighted by Crippen LogP contribution is 2.26. The molecule has 82 valence electrons. The van der Waals surface area contributed by atoms with E-state index in [1.807, 2.05) is 6.07 Å². The summed E-state index contributed by atoms with van der Waals surface area (Å²) >= 11 is 0. The first-order chi connectivity index (χ1) is 7.81. The summed E-state index contributed by atoms with van der Waals surface area (Å²) in [6.45, 7) is 0. The average Bonchev–Trinajstić information content (AvgIpc) is 2.87. The van der Waals surface area contributed by atoms with Crippen molar-refractivity contribution in [2.45, 2.75) is 19.3 Å². The molecule has 0 saturated heterocycles. The fourth-order valence-electron chi connectivity index (χ4n) is 2.06. The third-order valence-corrected chi connectivity index (χ3v) is 2.79. The van der Waals surface area contributed by atoms with Gasteiger partial charge in [-0.15, -0.1) is 0 Å². The minimum Gasteiger partial charge on any atom is -0.389 e. The van der Waals surface area contributed by atoms with E-state index in [-0.39, 0.29) is 6.01 Å². The SMILES string of the molecule is Nc1nnc(Nc2ccc3c(c2)CCC3)o1. The van der Waals surface area contributed by atoms with Crippen molar-refractivity contribution in [1.29, 1.82) is 0 Å². The summed E-state index contributed by atoms with van der Waals surface area (Å²) in [6, 6.07) is 6.69. The maximum Gasteiger partial charge on any atom is 0.321 e. The summed E-state index contributed by atoms with van der Waals surface area (Å²) in [7, 11) is 0. The quantitative estimate of drug-likeness (QED) is 0.801. The number of rotatable bonds is 2. The lowest BCUT2D eigenvalue weighted by Crippen LogP contribution is -1.92. The molecule has 0 unspecified atom stereocenters. The first-order valence-electron chi connectivity index (χ1n) is 5.29. The Morgan fingerprint density at radius 2 is 2.06 bits per heavy atom. The van der Waals surface area contributed by atoms with E-state index in [9.17, 15) is 0 Å². The number of fused-ring (bicyclic) bond motifs is 1. The van der Waals surface area contributed by atoms with Crippen LogP contribution in [0, 0.1) is 0 Å². The number of nitrogens with two attached hydrogens (primary N) is 1. The lowest BCUT2D eigenvalue weighted by molar-refractivity contribution is 0.593. The van der Waals surface area contributed by atoms with Gasteiger partial charge in [-0.05, 0) is 42.5 Å². The minimum absolute atomic E-state index is 0.0728. The molecule has 1 heterocycles. The zero-order valence-corrected chi connectivity index (χ0v) is 8.73. The van der Waals surface area contributed by atoms with E-state index >= 15 is 0 Å². The molecule has 1 aliphatic carbocycles. The highest BCUT2D eigenvalue weighted by Gasteiger charge is 2.11. The van der Waals surface area contributed by atoms with Crippen molar-refractivity contribution in [1.82, 2.24) is 10.2 Å². The Balaban J connectivity index is 1.85. The van der Waals surface area contributed by atoms with Crippen molar-refractivity contribution < 1.29 is 4.42 Å². The van der Waals surface area contributed by atoms with E-state index in [1.54, 1.807) is 0 Å². The Hall–Kier alpha value is -2.04. The summed E-state index contributed by atoms with van der Waals surface area (Å²) in [5.41, 5.74) is 9.15. The van der Waals surface area contributed by atoms with Crippen LogP contribution in [0.1, 0.15) is 17.5 Å². The van der Waals surface area contributed by atoms with Gasteiger partial charge >= 0.3 is 12.0 Å². The van der Waals surface area contributed by atoms with Gasteiger partial charge in [0.05, 0.1) is 0 Å². The topological polar surface area (TPSA) is 77.0 Å². The predicted octanol–water partition coefficient (Wildman–Crippen LogP) is 1.88. The molecule has 0 radical (unpaired) electrons. The van der Waals surface area contributed by atoms with Crippen LogP contribution in [0.3, 0.4) is 0 Å². The zero-order valence-electron chi connectivity index (χ0n) is 8.73. The molecular weight excluding hydrogens is 204 g/mol. The van der Waals surface area contributed by atoms with E-state index in [0.717, 1.165) is 12.1 Å². The number of hydrogen-bond acceptors (Lipinski definition) is 5. The highest BCUT2D eigenvalue weighted by atomic mass is 16.4.